The van der Waals surface area contributed by atoms with E-state index in [1.54, 1.807) is 12.1 Å². The summed E-state index contributed by atoms with van der Waals surface area (Å²) < 4.78 is 33.9. The van der Waals surface area contributed by atoms with Crippen LogP contribution in [0.3, 0.4) is 0 Å². The minimum absolute atomic E-state index is 0.0188. The maximum Gasteiger partial charge on any atom is 0.321 e. The number of ether oxygens (including phenoxy) is 1. The average molecular weight is 563 g/mol. The fraction of sp³-hybridized carbons (Fsp3) is 0.333. The monoisotopic (exact) mass is 562 g/mol. The molecule has 2 atom stereocenters. The fourth-order valence-corrected chi connectivity index (χ4v) is 6.92. The molecule has 0 spiro atoms. The summed E-state index contributed by atoms with van der Waals surface area (Å²) in [7, 11) is -2.53. The summed E-state index contributed by atoms with van der Waals surface area (Å²) in [5.74, 6) is 0.105. The summed E-state index contributed by atoms with van der Waals surface area (Å²) in [5.41, 5.74) is 3.93. The van der Waals surface area contributed by atoms with Crippen molar-refractivity contribution in [3.63, 3.8) is 0 Å². The van der Waals surface area contributed by atoms with Crippen LogP contribution in [0.4, 0.5) is 10.5 Å². The lowest BCUT2D eigenvalue weighted by Crippen LogP contribution is -2.62. The second-order valence-corrected chi connectivity index (χ2v) is 12.1. The smallest absolute Gasteiger partial charge is 0.321 e. The molecule has 0 radical (unpaired) electrons. The summed E-state index contributed by atoms with van der Waals surface area (Å²) in [5, 5.41) is 5.97. The lowest BCUT2D eigenvalue weighted by Gasteiger charge is -2.40. The van der Waals surface area contributed by atoms with Crippen LogP contribution in [0.15, 0.2) is 77.7 Å². The molecule has 9 nitrogen and oxygen atoms in total. The number of methoxy groups -OCH3 is 1. The van der Waals surface area contributed by atoms with E-state index in [1.165, 1.54) is 34.0 Å². The molecular formula is C30H34N4O5S. The molecular weight excluding hydrogens is 528 g/mol. The van der Waals surface area contributed by atoms with Gasteiger partial charge in [0, 0.05) is 25.3 Å². The van der Waals surface area contributed by atoms with E-state index in [0.29, 0.717) is 11.4 Å². The largest absolute Gasteiger partial charge is 0.497 e. The Bertz CT molecular complexity index is 1470. The maximum atomic E-state index is 13.8. The number of aryl methyl sites for hydroxylation is 2. The van der Waals surface area contributed by atoms with Gasteiger partial charge in [0.1, 0.15) is 11.8 Å². The van der Waals surface area contributed by atoms with E-state index in [4.69, 9.17) is 4.74 Å². The Morgan fingerprint density at radius 1 is 0.950 bits per heavy atom. The van der Waals surface area contributed by atoms with E-state index in [1.807, 2.05) is 49.4 Å². The van der Waals surface area contributed by atoms with Gasteiger partial charge in [-0.15, -0.1) is 0 Å². The first-order valence-electron chi connectivity index (χ1n) is 13.4. The Morgan fingerprint density at radius 3 is 2.40 bits per heavy atom. The van der Waals surface area contributed by atoms with Gasteiger partial charge in [0.15, 0.2) is 0 Å². The minimum atomic E-state index is -4.04. The van der Waals surface area contributed by atoms with Gasteiger partial charge in [-0.3, -0.25) is 4.79 Å². The number of carbonyl (C=O) groups excluding carboxylic acids is 2. The van der Waals surface area contributed by atoms with Crippen LogP contribution in [0, 0.1) is 6.92 Å². The van der Waals surface area contributed by atoms with E-state index < -0.39 is 22.0 Å². The number of hydrogen-bond donors (Lipinski definition) is 2. The van der Waals surface area contributed by atoms with Crippen LogP contribution in [0.25, 0.3) is 0 Å². The Hall–Kier alpha value is -3.89. The highest BCUT2D eigenvalue weighted by Crippen LogP contribution is 2.30. The Kier molecular flexibility index (Phi) is 8.09. The zero-order valence-corrected chi connectivity index (χ0v) is 23.5. The van der Waals surface area contributed by atoms with Crippen LogP contribution in [-0.2, 0) is 21.2 Å². The van der Waals surface area contributed by atoms with Crippen LogP contribution in [-0.4, -0.2) is 62.3 Å². The number of anilines is 1. The Labute approximate surface area is 235 Å². The normalized spacial score (nSPS) is 19.4. The number of sulfonamides is 1. The molecule has 1 fully saturated rings. The molecule has 2 N–H and O–H groups in total. The first-order chi connectivity index (χ1) is 19.3. The third-order valence-electron chi connectivity index (χ3n) is 7.58. The minimum Gasteiger partial charge on any atom is -0.497 e. The van der Waals surface area contributed by atoms with E-state index in [9.17, 15) is 18.0 Å². The second-order valence-electron chi connectivity index (χ2n) is 10.2. The molecule has 3 aromatic carbocycles. The van der Waals surface area contributed by atoms with E-state index in [2.05, 4.69) is 16.7 Å². The van der Waals surface area contributed by atoms with Gasteiger partial charge in [-0.1, -0.05) is 42.0 Å². The first-order valence-corrected chi connectivity index (χ1v) is 14.9. The zero-order valence-electron chi connectivity index (χ0n) is 22.7. The van der Waals surface area contributed by atoms with Crippen LogP contribution in [0.2, 0.25) is 0 Å². The van der Waals surface area contributed by atoms with Gasteiger partial charge in [0.2, 0.25) is 15.9 Å². The van der Waals surface area contributed by atoms with Crippen LogP contribution >= 0.6 is 0 Å². The standard InChI is InChI=1S/C30H34N4O5S/c1-21-10-12-23(13-11-21)31-30(36)33-18-19-34(40(37,38)25-16-14-24(39-2)15-17-25)28(20-33)29(35)32-27-9-5-7-22-6-3-4-8-26(22)27/h3-4,6,8,10-17,27-28H,5,7,9,18-20H2,1-2H3,(H,31,36)(H,32,35). The SMILES string of the molecule is COc1ccc(S(=O)(=O)N2CCN(C(=O)Nc3ccc(C)cc3)CC2C(=O)NC2CCCc3ccccc32)cc1. The molecule has 1 saturated heterocycles. The quantitative estimate of drug-likeness (QED) is 0.470. The molecule has 40 heavy (non-hydrogen) atoms. The number of amides is 3. The lowest BCUT2D eigenvalue weighted by atomic mass is 9.87. The van der Waals surface area contributed by atoms with Crippen molar-refractivity contribution in [3.05, 3.63) is 89.5 Å². The number of urea groups is 1. The molecule has 0 saturated carbocycles. The zero-order chi connectivity index (χ0) is 28.3. The Balaban J connectivity index is 1.40. The molecule has 2 unspecified atom stereocenters. The number of fused-ring (bicyclic) bond motifs is 1. The number of nitrogens with one attached hydrogen (secondary N) is 2. The molecule has 1 aliphatic heterocycles. The van der Waals surface area contributed by atoms with Gasteiger partial charge >= 0.3 is 6.03 Å². The molecule has 1 heterocycles. The van der Waals surface area contributed by atoms with Crippen molar-refractivity contribution in [1.82, 2.24) is 14.5 Å². The second kappa shape index (κ2) is 11.7. The lowest BCUT2D eigenvalue weighted by molar-refractivity contribution is -0.127. The highest BCUT2D eigenvalue weighted by Gasteiger charge is 2.42. The van der Waals surface area contributed by atoms with Crippen LogP contribution in [0.1, 0.15) is 35.6 Å². The number of carbonyl (C=O) groups is 2. The average Bonchev–Trinajstić information content (AvgIpc) is 2.98. The van der Waals surface area contributed by atoms with Crippen LogP contribution < -0.4 is 15.4 Å². The molecule has 2 aliphatic rings. The predicted molar refractivity (Wildman–Crippen MR) is 153 cm³/mol. The topological polar surface area (TPSA) is 108 Å². The highest BCUT2D eigenvalue weighted by molar-refractivity contribution is 7.89. The summed E-state index contributed by atoms with van der Waals surface area (Å²) in [6.45, 7) is 2.01. The molecule has 210 valence electrons. The number of piperazine rings is 1. The fourth-order valence-electron chi connectivity index (χ4n) is 5.35. The molecule has 10 heteroatoms. The van der Waals surface area contributed by atoms with Crippen LogP contribution in [0.5, 0.6) is 5.75 Å². The highest BCUT2D eigenvalue weighted by atomic mass is 32.2. The summed E-state index contributed by atoms with van der Waals surface area (Å²) >= 11 is 0. The molecule has 3 aromatic rings. The predicted octanol–water partition coefficient (Wildman–Crippen LogP) is 4.10. The number of rotatable bonds is 6. The third kappa shape index (κ3) is 5.83. The van der Waals surface area contributed by atoms with Crippen molar-refractivity contribution in [2.45, 2.75) is 43.2 Å². The number of nitrogens with zero attached hydrogens (tertiary/aromatic N) is 2. The van der Waals surface area contributed by atoms with Crippen molar-refractivity contribution in [1.29, 1.82) is 0 Å². The summed E-state index contributed by atoms with van der Waals surface area (Å²) in [6.07, 6.45) is 2.63. The van der Waals surface area contributed by atoms with Crippen molar-refractivity contribution in [3.8, 4) is 5.75 Å². The maximum absolute atomic E-state index is 13.8. The van der Waals surface area contributed by atoms with E-state index in [-0.39, 0.29) is 36.6 Å². The van der Waals surface area contributed by atoms with Gasteiger partial charge in [0.05, 0.1) is 18.0 Å². The molecule has 0 bridgehead atoms. The van der Waals surface area contributed by atoms with Crippen molar-refractivity contribution in [2.75, 3.05) is 32.1 Å². The number of benzene rings is 3. The number of hydrogen-bond acceptors (Lipinski definition) is 5. The van der Waals surface area contributed by atoms with Gasteiger partial charge < -0.3 is 20.3 Å². The first kappa shape index (κ1) is 27.7. The molecule has 1 aliphatic carbocycles. The van der Waals surface area contributed by atoms with E-state index in [0.717, 1.165) is 30.4 Å². The molecule has 5 rings (SSSR count). The van der Waals surface area contributed by atoms with Gasteiger partial charge in [0.25, 0.3) is 0 Å². The molecule has 0 aromatic heterocycles. The van der Waals surface area contributed by atoms with Gasteiger partial charge in [-0.25, -0.2) is 13.2 Å². The Morgan fingerprint density at radius 2 is 1.68 bits per heavy atom. The van der Waals surface area contributed by atoms with Gasteiger partial charge in [-0.2, -0.15) is 4.31 Å². The third-order valence-corrected chi connectivity index (χ3v) is 9.50. The van der Waals surface area contributed by atoms with E-state index >= 15 is 0 Å². The van der Waals surface area contributed by atoms with Crippen molar-refractivity contribution >= 4 is 27.6 Å². The summed E-state index contributed by atoms with van der Waals surface area (Å²) in [6, 6.07) is 19.8. The van der Waals surface area contributed by atoms with Crippen molar-refractivity contribution in [2.24, 2.45) is 0 Å². The molecule has 3 amide bonds. The van der Waals surface area contributed by atoms with Crippen molar-refractivity contribution < 1.29 is 22.7 Å². The van der Waals surface area contributed by atoms with Gasteiger partial charge in [-0.05, 0) is 73.7 Å². The summed E-state index contributed by atoms with van der Waals surface area (Å²) in [4.78, 5) is 28.6.